The number of anilines is 1. The molecule has 1 unspecified atom stereocenters. The van der Waals surface area contributed by atoms with E-state index in [1.165, 1.54) is 12.1 Å². The zero-order chi connectivity index (χ0) is 14.4. The molecule has 0 heterocycles. The second-order valence-electron chi connectivity index (χ2n) is 4.32. The van der Waals surface area contributed by atoms with Crippen LogP contribution in [0, 0.1) is 0 Å². The fourth-order valence-electron chi connectivity index (χ4n) is 1.68. The number of hydrogen-bond donors (Lipinski definition) is 3. The number of carboxylic acid groups (broad SMARTS) is 1. The highest BCUT2D eigenvalue weighted by Crippen LogP contribution is 2.19. The van der Waals surface area contributed by atoms with Crippen LogP contribution in [0.3, 0.4) is 0 Å². The number of aromatic carboxylic acids is 1. The summed E-state index contributed by atoms with van der Waals surface area (Å²) in [4.78, 5) is 22.6. The molecule has 0 aromatic heterocycles. The summed E-state index contributed by atoms with van der Waals surface area (Å²) in [6.07, 6.45) is 1.88. The third-order valence-corrected chi connectivity index (χ3v) is 2.96. The maximum Gasteiger partial charge on any atom is 0.335 e. The SMILES string of the molecule is CCCC(C)NC(=O)Nc1cc(Br)cc(C(=O)O)c1. The van der Waals surface area contributed by atoms with Crippen LogP contribution in [-0.4, -0.2) is 23.1 Å². The number of carboxylic acids is 1. The number of hydrogen-bond acceptors (Lipinski definition) is 2. The van der Waals surface area contributed by atoms with Crippen LogP contribution in [0.2, 0.25) is 0 Å². The molecule has 6 heteroatoms. The van der Waals surface area contributed by atoms with Gasteiger partial charge in [0.05, 0.1) is 5.56 Å². The first-order valence-corrected chi connectivity index (χ1v) is 6.83. The summed E-state index contributed by atoms with van der Waals surface area (Å²) in [5, 5.41) is 14.3. The summed E-state index contributed by atoms with van der Waals surface area (Å²) in [6.45, 7) is 3.97. The molecule has 0 aliphatic carbocycles. The van der Waals surface area contributed by atoms with Gasteiger partial charge in [-0.2, -0.15) is 0 Å². The van der Waals surface area contributed by atoms with Crippen molar-refractivity contribution in [2.75, 3.05) is 5.32 Å². The highest BCUT2D eigenvalue weighted by molar-refractivity contribution is 9.10. The van der Waals surface area contributed by atoms with Gasteiger partial charge in [-0.05, 0) is 31.5 Å². The van der Waals surface area contributed by atoms with Gasteiger partial charge in [0.15, 0.2) is 0 Å². The second-order valence-corrected chi connectivity index (χ2v) is 5.24. The Morgan fingerprint density at radius 3 is 2.63 bits per heavy atom. The molecule has 0 saturated carbocycles. The highest BCUT2D eigenvalue weighted by atomic mass is 79.9. The molecule has 1 aromatic rings. The average Bonchev–Trinajstić information content (AvgIpc) is 2.27. The number of halogens is 1. The summed E-state index contributed by atoms with van der Waals surface area (Å²) >= 11 is 3.21. The van der Waals surface area contributed by atoms with Gasteiger partial charge in [0, 0.05) is 16.2 Å². The Morgan fingerprint density at radius 2 is 2.05 bits per heavy atom. The third kappa shape index (κ3) is 5.30. The van der Waals surface area contributed by atoms with E-state index in [2.05, 4.69) is 26.6 Å². The molecular weight excluding hydrogens is 312 g/mol. The topological polar surface area (TPSA) is 78.4 Å². The van der Waals surface area contributed by atoms with Crippen molar-refractivity contribution in [2.45, 2.75) is 32.7 Å². The number of urea groups is 1. The fraction of sp³-hybridized carbons (Fsp3) is 0.385. The van der Waals surface area contributed by atoms with Gasteiger partial charge >= 0.3 is 12.0 Å². The maximum absolute atomic E-state index is 11.7. The molecule has 0 aliphatic rings. The summed E-state index contributed by atoms with van der Waals surface area (Å²) in [5.74, 6) is -1.04. The van der Waals surface area contributed by atoms with Crippen molar-refractivity contribution in [1.29, 1.82) is 0 Å². The molecule has 3 N–H and O–H groups in total. The molecule has 104 valence electrons. The Bertz CT molecular complexity index is 477. The lowest BCUT2D eigenvalue weighted by molar-refractivity contribution is 0.0697. The minimum Gasteiger partial charge on any atom is -0.478 e. The lowest BCUT2D eigenvalue weighted by Crippen LogP contribution is -2.35. The quantitative estimate of drug-likeness (QED) is 0.774. The van der Waals surface area contributed by atoms with E-state index in [0.717, 1.165) is 12.8 Å². The molecule has 5 nitrogen and oxygen atoms in total. The molecule has 0 aliphatic heterocycles. The van der Waals surface area contributed by atoms with Gasteiger partial charge in [0.25, 0.3) is 0 Å². The minimum absolute atomic E-state index is 0.0797. The predicted octanol–water partition coefficient (Wildman–Crippen LogP) is 3.46. The summed E-state index contributed by atoms with van der Waals surface area (Å²) < 4.78 is 0.601. The Balaban J connectivity index is 2.71. The van der Waals surface area contributed by atoms with Gasteiger partial charge in [-0.15, -0.1) is 0 Å². The van der Waals surface area contributed by atoms with Crippen LogP contribution in [0.5, 0.6) is 0 Å². The van der Waals surface area contributed by atoms with Gasteiger partial charge in [0.2, 0.25) is 0 Å². The molecule has 0 fully saturated rings. The van der Waals surface area contributed by atoms with Crippen LogP contribution >= 0.6 is 15.9 Å². The zero-order valence-electron chi connectivity index (χ0n) is 10.9. The number of amides is 2. The van der Waals surface area contributed by atoms with Crippen LogP contribution in [-0.2, 0) is 0 Å². The molecule has 1 aromatic carbocycles. The Hall–Kier alpha value is -1.56. The van der Waals surface area contributed by atoms with Crippen molar-refractivity contribution < 1.29 is 14.7 Å². The van der Waals surface area contributed by atoms with E-state index < -0.39 is 5.97 Å². The Labute approximate surface area is 120 Å². The molecule has 1 atom stereocenters. The lowest BCUT2D eigenvalue weighted by atomic mass is 10.2. The molecule has 0 saturated heterocycles. The van der Waals surface area contributed by atoms with Crippen LogP contribution < -0.4 is 10.6 Å². The van der Waals surface area contributed by atoms with Crippen molar-refractivity contribution in [2.24, 2.45) is 0 Å². The molecule has 2 amide bonds. The van der Waals surface area contributed by atoms with Gasteiger partial charge < -0.3 is 15.7 Å². The highest BCUT2D eigenvalue weighted by Gasteiger charge is 2.10. The van der Waals surface area contributed by atoms with Crippen molar-refractivity contribution in [3.05, 3.63) is 28.2 Å². The zero-order valence-corrected chi connectivity index (χ0v) is 12.5. The van der Waals surface area contributed by atoms with Crippen LogP contribution in [0.15, 0.2) is 22.7 Å². The lowest BCUT2D eigenvalue weighted by Gasteiger charge is -2.14. The third-order valence-electron chi connectivity index (χ3n) is 2.50. The van der Waals surface area contributed by atoms with E-state index in [4.69, 9.17) is 5.11 Å². The van der Waals surface area contributed by atoms with E-state index in [0.29, 0.717) is 10.2 Å². The first-order valence-electron chi connectivity index (χ1n) is 6.03. The van der Waals surface area contributed by atoms with Gasteiger partial charge in [0.1, 0.15) is 0 Å². The van der Waals surface area contributed by atoms with Crippen molar-refractivity contribution >= 4 is 33.6 Å². The minimum atomic E-state index is -1.04. The molecule has 19 heavy (non-hydrogen) atoms. The molecular formula is C13H17BrN2O3. The number of benzene rings is 1. The van der Waals surface area contributed by atoms with E-state index in [1.807, 2.05) is 13.8 Å². The van der Waals surface area contributed by atoms with Crippen molar-refractivity contribution in [1.82, 2.24) is 5.32 Å². The van der Waals surface area contributed by atoms with Crippen LogP contribution in [0.4, 0.5) is 10.5 Å². The van der Waals surface area contributed by atoms with Crippen molar-refractivity contribution in [3.8, 4) is 0 Å². The van der Waals surface area contributed by atoms with Gasteiger partial charge in [-0.3, -0.25) is 0 Å². The predicted molar refractivity (Wildman–Crippen MR) is 77.6 cm³/mol. The molecule has 1 rings (SSSR count). The van der Waals surface area contributed by atoms with Gasteiger partial charge in [-0.1, -0.05) is 29.3 Å². The molecule has 0 spiro atoms. The standard InChI is InChI=1S/C13H17BrN2O3/c1-3-4-8(2)15-13(19)16-11-6-9(12(17)18)5-10(14)7-11/h5-8H,3-4H2,1-2H3,(H,17,18)(H2,15,16,19). The second kappa shape index (κ2) is 7.13. The number of rotatable bonds is 5. The summed E-state index contributed by atoms with van der Waals surface area (Å²) in [6, 6.07) is 4.28. The van der Waals surface area contributed by atoms with Gasteiger partial charge in [-0.25, -0.2) is 9.59 Å². The number of carbonyl (C=O) groups excluding carboxylic acids is 1. The Kier molecular flexibility index (Phi) is 5.82. The first kappa shape index (κ1) is 15.5. The fourth-order valence-corrected chi connectivity index (χ4v) is 2.17. The first-order chi connectivity index (χ1) is 8.92. The summed E-state index contributed by atoms with van der Waals surface area (Å²) in [7, 11) is 0. The van der Waals surface area contributed by atoms with E-state index in [9.17, 15) is 9.59 Å². The monoisotopic (exact) mass is 328 g/mol. The number of carbonyl (C=O) groups is 2. The van der Waals surface area contributed by atoms with Crippen LogP contribution in [0.1, 0.15) is 37.0 Å². The van der Waals surface area contributed by atoms with Crippen molar-refractivity contribution in [3.63, 3.8) is 0 Å². The average molecular weight is 329 g/mol. The van der Waals surface area contributed by atoms with E-state index >= 15 is 0 Å². The maximum atomic E-state index is 11.7. The normalized spacial score (nSPS) is 11.7. The summed E-state index contributed by atoms with van der Waals surface area (Å²) in [5.41, 5.74) is 0.555. The molecule has 0 radical (unpaired) electrons. The van der Waals surface area contributed by atoms with E-state index in [1.54, 1.807) is 6.07 Å². The Morgan fingerprint density at radius 1 is 1.37 bits per heavy atom. The largest absolute Gasteiger partial charge is 0.478 e. The molecule has 0 bridgehead atoms. The van der Waals surface area contributed by atoms with E-state index in [-0.39, 0.29) is 17.6 Å². The number of nitrogens with one attached hydrogen (secondary N) is 2. The smallest absolute Gasteiger partial charge is 0.335 e. The van der Waals surface area contributed by atoms with Crippen LogP contribution in [0.25, 0.3) is 0 Å².